The van der Waals surface area contributed by atoms with Crippen LogP contribution in [0.5, 0.6) is 23.0 Å². The number of esters is 1. The van der Waals surface area contributed by atoms with Gasteiger partial charge in [0.05, 0.1) is 52.6 Å². The SMILES string of the molecule is CCCOc1c2cc(NC(=O)NS(=O)(=O)c3ccc(C)cc3)cc1Cc1cc(NC(=O)NS(=O)(=O)c3ccc(C)cc3)cc(c1OCCC)Cc1cc(NC(=O)NS(=O)(=O)c3ccc(C)cc3)cc(c1OCCCCC(=O)OCC)Cc1cc(NC(=O)NS(=O)(=O)c3ccc(C)cc3)cc(c1OCCC)C2. The van der Waals surface area contributed by atoms with Gasteiger partial charge in [-0.3, -0.25) is 4.79 Å². The van der Waals surface area contributed by atoms with Gasteiger partial charge in [0, 0.05) is 99.4 Å². The highest BCUT2D eigenvalue weighted by atomic mass is 32.2. The van der Waals surface area contributed by atoms with Crippen molar-refractivity contribution < 1.29 is 81.3 Å². The summed E-state index contributed by atoms with van der Waals surface area (Å²) in [6.07, 6.45) is 1.22. The predicted octanol–water partition coefficient (Wildman–Crippen LogP) is 13.1. The average molecular weight is 1530 g/mol. The quantitative estimate of drug-likeness (QED) is 0.0167. The number of benzene rings is 8. The van der Waals surface area contributed by atoms with Gasteiger partial charge in [0.1, 0.15) is 23.0 Å². The topological polar surface area (TPSA) is 364 Å². The summed E-state index contributed by atoms with van der Waals surface area (Å²) in [4.78, 5) is 69.0. The molecule has 8 aromatic rings. The van der Waals surface area contributed by atoms with Crippen LogP contribution in [0, 0.1) is 27.7 Å². The van der Waals surface area contributed by atoms with E-state index in [1.165, 1.54) is 48.5 Å². The zero-order valence-corrected chi connectivity index (χ0v) is 63.2. The van der Waals surface area contributed by atoms with Crippen molar-refractivity contribution in [2.75, 3.05) is 54.3 Å². The molecule has 8 bridgehead atoms. The van der Waals surface area contributed by atoms with Crippen LogP contribution in [0.1, 0.15) is 133 Å². The van der Waals surface area contributed by atoms with E-state index in [1.54, 1.807) is 132 Å². The molecule has 0 spiro atoms. The molecule has 0 radical (unpaired) electrons. The van der Waals surface area contributed by atoms with Crippen LogP contribution in [0.25, 0.3) is 0 Å². The zero-order chi connectivity index (χ0) is 76.5. The molecule has 1 aliphatic rings. The minimum absolute atomic E-state index is 0.0123. The summed E-state index contributed by atoms with van der Waals surface area (Å²) in [6.45, 7) is 14.8. The number of unbranched alkanes of at least 4 members (excludes halogenated alkanes) is 1. The maximum absolute atomic E-state index is 14.3. The summed E-state index contributed by atoms with van der Waals surface area (Å²) in [5.41, 5.74) is 5.71. The molecule has 562 valence electrons. The summed E-state index contributed by atoms with van der Waals surface area (Å²) < 4.78 is 152. The third-order valence-electron chi connectivity index (χ3n) is 16.4. The van der Waals surface area contributed by atoms with Gasteiger partial charge < -0.3 is 45.0 Å². The molecule has 0 atom stereocenters. The smallest absolute Gasteiger partial charge is 0.333 e. The fraction of sp³-hybridized carbons (Fsp3) is 0.303. The number of urea groups is 4. The Hall–Kier alpha value is -10.7. The largest absolute Gasteiger partial charge is 0.493 e. The number of anilines is 4. The minimum atomic E-state index is -4.50. The van der Waals surface area contributed by atoms with Crippen LogP contribution < -0.4 is 59.1 Å². The number of ether oxygens (including phenoxy) is 5. The molecule has 0 saturated carbocycles. The van der Waals surface area contributed by atoms with Crippen LogP contribution in [0.4, 0.5) is 41.9 Å². The summed E-state index contributed by atoms with van der Waals surface area (Å²) in [6, 6.07) is 31.2. The van der Waals surface area contributed by atoms with Crippen molar-refractivity contribution in [1.82, 2.24) is 18.9 Å². The van der Waals surface area contributed by atoms with Crippen molar-refractivity contribution in [2.45, 2.75) is 139 Å². The Kier molecular flexibility index (Phi) is 26.5. The number of amides is 8. The van der Waals surface area contributed by atoms with Crippen LogP contribution in [0.3, 0.4) is 0 Å². The first-order valence-electron chi connectivity index (χ1n) is 34.4. The van der Waals surface area contributed by atoms with E-state index >= 15 is 0 Å². The maximum Gasteiger partial charge on any atom is 0.333 e. The van der Waals surface area contributed by atoms with Crippen LogP contribution in [-0.4, -0.2) is 96.8 Å². The average Bonchev–Trinajstić information content (AvgIpc) is 0.787. The summed E-state index contributed by atoms with van der Waals surface area (Å²) in [5.74, 6) is 0.476. The van der Waals surface area contributed by atoms with Crippen LogP contribution in [-0.2, 0) is 75.3 Å². The zero-order valence-electron chi connectivity index (χ0n) is 59.9. The Morgan fingerprint density at radius 2 is 0.538 bits per heavy atom. The second-order valence-electron chi connectivity index (χ2n) is 25.3. The first-order valence-corrected chi connectivity index (χ1v) is 40.3. The van der Waals surface area contributed by atoms with Crippen molar-refractivity contribution in [1.29, 1.82) is 0 Å². The first-order chi connectivity index (χ1) is 50.4. The highest BCUT2D eigenvalue weighted by molar-refractivity contribution is 7.91. The highest BCUT2D eigenvalue weighted by Gasteiger charge is 2.29. The van der Waals surface area contributed by atoms with Gasteiger partial charge in [-0.25, -0.2) is 71.7 Å². The second-order valence-corrected chi connectivity index (χ2v) is 32.1. The fourth-order valence-corrected chi connectivity index (χ4v) is 15.2. The molecule has 9 rings (SSSR count). The van der Waals surface area contributed by atoms with Gasteiger partial charge in [-0.1, -0.05) is 91.6 Å². The number of carbonyl (C=O) groups excluding carboxylic acids is 5. The number of sulfonamides is 4. The van der Waals surface area contributed by atoms with Gasteiger partial charge in [0.2, 0.25) is 0 Å². The lowest BCUT2D eigenvalue weighted by Gasteiger charge is -2.25. The molecule has 26 nitrogen and oxygen atoms in total. The number of carbonyl (C=O) groups is 5. The molecule has 1 aliphatic carbocycles. The van der Waals surface area contributed by atoms with E-state index in [0.717, 1.165) is 22.3 Å². The Bertz CT molecular complexity index is 4840. The number of hydrogen-bond acceptors (Lipinski definition) is 18. The summed E-state index contributed by atoms with van der Waals surface area (Å²) in [7, 11) is -18.0. The van der Waals surface area contributed by atoms with Gasteiger partial charge in [-0.05, 0) is 164 Å². The molecular formula is C76H86N8O18S4. The second kappa shape index (κ2) is 35.4. The normalized spacial score (nSPS) is 12.2. The lowest BCUT2D eigenvalue weighted by Crippen LogP contribution is -2.34. The van der Waals surface area contributed by atoms with E-state index in [1.807, 2.05) is 20.8 Å². The van der Waals surface area contributed by atoms with Gasteiger partial charge in [0.15, 0.2) is 0 Å². The van der Waals surface area contributed by atoms with E-state index in [4.69, 9.17) is 23.7 Å². The van der Waals surface area contributed by atoms with Crippen LogP contribution in [0.2, 0.25) is 0 Å². The van der Waals surface area contributed by atoms with Crippen molar-refractivity contribution >= 4 is 92.9 Å². The number of nitrogens with one attached hydrogen (secondary N) is 8. The van der Waals surface area contributed by atoms with E-state index in [2.05, 4.69) is 40.2 Å². The molecule has 0 unspecified atom stereocenters. The third-order valence-corrected chi connectivity index (χ3v) is 21.8. The first kappa shape index (κ1) is 79.4. The Balaban J connectivity index is 1.32. The molecule has 8 N–H and O–H groups in total. The highest BCUT2D eigenvalue weighted by Crippen LogP contribution is 2.43. The van der Waals surface area contributed by atoms with E-state index in [0.29, 0.717) is 76.6 Å². The van der Waals surface area contributed by atoms with Gasteiger partial charge in [-0.15, -0.1) is 0 Å². The summed E-state index contributed by atoms with van der Waals surface area (Å²) >= 11 is 0. The number of fused-ring (bicyclic) bond motifs is 8. The molecule has 30 heteroatoms. The molecule has 0 heterocycles. The molecule has 8 aromatic carbocycles. The van der Waals surface area contributed by atoms with Crippen molar-refractivity contribution in [3.8, 4) is 23.0 Å². The molecule has 106 heavy (non-hydrogen) atoms. The van der Waals surface area contributed by atoms with Gasteiger partial charge in [-0.2, -0.15) is 0 Å². The van der Waals surface area contributed by atoms with Crippen molar-refractivity contribution in [2.24, 2.45) is 0 Å². The lowest BCUT2D eigenvalue weighted by atomic mass is 9.90. The van der Waals surface area contributed by atoms with E-state index in [-0.39, 0.29) is 130 Å². The molecule has 0 saturated heterocycles. The fourth-order valence-electron chi connectivity index (χ4n) is 11.5. The predicted molar refractivity (Wildman–Crippen MR) is 402 cm³/mol. The maximum atomic E-state index is 14.3. The Labute approximate surface area is 618 Å². The third kappa shape index (κ3) is 21.5. The van der Waals surface area contributed by atoms with Crippen LogP contribution >= 0.6 is 0 Å². The summed E-state index contributed by atoms with van der Waals surface area (Å²) in [5, 5.41) is 10.9. The Morgan fingerprint density at radius 3 is 0.745 bits per heavy atom. The molecule has 0 aromatic heterocycles. The van der Waals surface area contributed by atoms with Gasteiger partial charge in [0.25, 0.3) is 40.1 Å². The van der Waals surface area contributed by atoms with E-state index < -0.39 is 70.2 Å². The molecule has 0 fully saturated rings. The number of hydrogen-bond donors (Lipinski definition) is 8. The van der Waals surface area contributed by atoms with Crippen molar-refractivity contribution in [3.63, 3.8) is 0 Å². The number of rotatable bonds is 28. The molecular weight excluding hydrogens is 1440 g/mol. The van der Waals surface area contributed by atoms with Gasteiger partial charge >= 0.3 is 30.1 Å². The molecule has 0 aliphatic heterocycles. The Morgan fingerprint density at radius 1 is 0.321 bits per heavy atom. The monoisotopic (exact) mass is 1530 g/mol. The molecule has 8 amide bonds. The standard InChI is InChI=1S/C76H86N8O18S4/c1-9-32-99-69-52-36-54-42-61(78-74(87)82-104(92,93)65-26-18-49(6)19-27-65)44-56(70(54)100-33-10-2)38-58-46-63(80-76(89)84-106(96,97)67-30-22-51(8)23-31-67)47-59(72(58)102-35-14-13-15-68(85)98-12-4)39-57-45-62(79-75(88)83-105(94,95)66-28-20-50(7)21-29-66)43-55(71(57)101-34-11-3)37-53(69)41-60(40-52)77-73(86)81-103(90,91)64-24-16-48(5)17-25-64/h16-31,40-47H,9-15,32-39H2,1-8H3,(H2,77,81,86)(H2,78,82,87)(H2,79,83,88)(H2,80,84,89). The van der Waals surface area contributed by atoms with Crippen LogP contribution in [0.15, 0.2) is 165 Å². The minimum Gasteiger partial charge on any atom is -0.493 e. The lowest BCUT2D eigenvalue weighted by molar-refractivity contribution is -0.143. The van der Waals surface area contributed by atoms with Crippen molar-refractivity contribution in [3.05, 3.63) is 212 Å². The van der Waals surface area contributed by atoms with E-state index in [9.17, 15) is 57.6 Å². The number of aryl methyl sites for hydroxylation is 4.